The molecule has 0 aromatic rings. The zero-order chi connectivity index (χ0) is 6.69. The van der Waals surface area contributed by atoms with E-state index in [0.29, 0.717) is 11.8 Å². The molecule has 0 aromatic carbocycles. The molecular weight excluding hydrogens is 136 g/mol. The minimum atomic E-state index is 0.560. The summed E-state index contributed by atoms with van der Waals surface area (Å²) in [6.07, 6.45) is 0.928. The lowest BCUT2D eigenvalue weighted by Crippen LogP contribution is -2.50. The second-order valence-electron chi connectivity index (χ2n) is 2.14. The molecule has 0 atom stereocenters. The van der Waals surface area contributed by atoms with Crippen LogP contribution in [0.2, 0.25) is 0 Å². The molecule has 0 bridgehead atoms. The Bertz CT molecular complexity index is 103. The van der Waals surface area contributed by atoms with Crippen molar-refractivity contribution in [3.8, 4) is 0 Å². The van der Waals surface area contributed by atoms with Crippen LogP contribution in [0.4, 0.5) is 0 Å². The molecule has 1 saturated heterocycles. The number of aldehydes is 1. The minimum Gasteiger partial charge on any atom is -0.302 e. The highest BCUT2D eigenvalue weighted by atomic mass is 32.2. The molecular formula is C5H10N2OS. The molecule has 2 N–H and O–H groups in total. The molecule has 1 aliphatic rings. The van der Waals surface area contributed by atoms with E-state index in [2.05, 4.69) is 4.90 Å². The summed E-state index contributed by atoms with van der Waals surface area (Å²) in [5.41, 5.74) is 0. The fourth-order valence-electron chi connectivity index (χ4n) is 0.863. The van der Waals surface area contributed by atoms with Gasteiger partial charge < -0.3 is 4.79 Å². The second-order valence-corrected chi connectivity index (χ2v) is 3.08. The van der Waals surface area contributed by atoms with Gasteiger partial charge in [0.05, 0.1) is 6.54 Å². The molecule has 0 saturated carbocycles. The third kappa shape index (κ3) is 1.67. The molecule has 1 heterocycles. The Labute approximate surface area is 58.7 Å². The van der Waals surface area contributed by atoms with E-state index in [-0.39, 0.29) is 0 Å². The van der Waals surface area contributed by atoms with E-state index in [4.69, 9.17) is 5.14 Å². The molecule has 0 aromatic heterocycles. The SMILES string of the molecule is NSC1CN(CC=O)C1. The van der Waals surface area contributed by atoms with E-state index < -0.39 is 0 Å². The van der Waals surface area contributed by atoms with E-state index in [1.165, 1.54) is 11.9 Å². The molecule has 1 rings (SSSR count). The molecule has 0 radical (unpaired) electrons. The summed E-state index contributed by atoms with van der Waals surface area (Å²) in [5, 5.41) is 5.85. The molecule has 3 nitrogen and oxygen atoms in total. The summed E-state index contributed by atoms with van der Waals surface area (Å²) in [6, 6.07) is 0. The molecule has 4 heteroatoms. The molecule has 0 spiro atoms. The fraction of sp³-hybridized carbons (Fsp3) is 0.800. The van der Waals surface area contributed by atoms with Gasteiger partial charge in [-0.3, -0.25) is 10.0 Å². The average molecular weight is 146 g/mol. The van der Waals surface area contributed by atoms with Crippen molar-refractivity contribution in [2.75, 3.05) is 19.6 Å². The van der Waals surface area contributed by atoms with Crippen molar-refractivity contribution in [3.63, 3.8) is 0 Å². The van der Waals surface area contributed by atoms with Crippen LogP contribution in [0.5, 0.6) is 0 Å². The number of rotatable bonds is 3. The number of hydrogen-bond acceptors (Lipinski definition) is 4. The van der Waals surface area contributed by atoms with Crippen molar-refractivity contribution in [3.05, 3.63) is 0 Å². The van der Waals surface area contributed by atoms with Crippen LogP contribution in [0.3, 0.4) is 0 Å². The van der Waals surface area contributed by atoms with Gasteiger partial charge in [-0.15, -0.1) is 0 Å². The Morgan fingerprint density at radius 2 is 2.44 bits per heavy atom. The molecule has 9 heavy (non-hydrogen) atoms. The molecule has 0 amide bonds. The lowest BCUT2D eigenvalue weighted by molar-refractivity contribution is -0.109. The summed E-state index contributed by atoms with van der Waals surface area (Å²) in [5.74, 6) is 0. The Kier molecular flexibility index (Phi) is 2.50. The number of carbonyl (C=O) groups is 1. The smallest absolute Gasteiger partial charge is 0.133 e. The Hall–Kier alpha value is -0.0600. The second kappa shape index (κ2) is 3.20. The number of likely N-dealkylation sites (tertiary alicyclic amines) is 1. The maximum Gasteiger partial charge on any atom is 0.133 e. The first-order chi connectivity index (χ1) is 4.36. The summed E-state index contributed by atoms with van der Waals surface area (Å²) < 4.78 is 0. The maximum absolute atomic E-state index is 9.92. The van der Waals surface area contributed by atoms with Gasteiger partial charge in [-0.05, 0) is 0 Å². The van der Waals surface area contributed by atoms with Crippen molar-refractivity contribution < 1.29 is 4.79 Å². The highest BCUT2D eigenvalue weighted by molar-refractivity contribution is 7.97. The number of carbonyl (C=O) groups excluding carboxylic acids is 1. The third-order valence-corrected chi connectivity index (χ3v) is 2.13. The molecule has 1 aliphatic heterocycles. The van der Waals surface area contributed by atoms with Crippen molar-refractivity contribution in [1.29, 1.82) is 0 Å². The van der Waals surface area contributed by atoms with Gasteiger partial charge in [0.25, 0.3) is 0 Å². The van der Waals surface area contributed by atoms with Gasteiger partial charge in [-0.1, -0.05) is 11.9 Å². The van der Waals surface area contributed by atoms with Crippen LogP contribution in [-0.2, 0) is 4.79 Å². The number of nitrogens with zero attached hydrogens (tertiary/aromatic N) is 1. The van der Waals surface area contributed by atoms with E-state index >= 15 is 0 Å². The van der Waals surface area contributed by atoms with Gasteiger partial charge in [-0.25, -0.2) is 0 Å². The molecule has 52 valence electrons. The topological polar surface area (TPSA) is 46.3 Å². The lowest BCUT2D eigenvalue weighted by atomic mass is 10.2. The Morgan fingerprint density at radius 3 is 2.89 bits per heavy atom. The van der Waals surface area contributed by atoms with Crippen LogP contribution >= 0.6 is 11.9 Å². The quantitative estimate of drug-likeness (QED) is 0.430. The zero-order valence-corrected chi connectivity index (χ0v) is 5.93. The maximum atomic E-state index is 9.92. The summed E-state index contributed by atoms with van der Waals surface area (Å²) >= 11 is 1.38. The van der Waals surface area contributed by atoms with Crippen LogP contribution in [0.25, 0.3) is 0 Å². The summed E-state index contributed by atoms with van der Waals surface area (Å²) in [7, 11) is 0. The van der Waals surface area contributed by atoms with Crippen molar-refractivity contribution in [2.24, 2.45) is 5.14 Å². The average Bonchev–Trinajstić information content (AvgIpc) is 1.77. The minimum absolute atomic E-state index is 0.560. The summed E-state index contributed by atoms with van der Waals surface area (Å²) in [4.78, 5) is 12.0. The van der Waals surface area contributed by atoms with Crippen molar-refractivity contribution >= 4 is 18.2 Å². The van der Waals surface area contributed by atoms with Gasteiger partial charge in [0.15, 0.2) is 0 Å². The highest BCUT2D eigenvalue weighted by Crippen LogP contribution is 2.15. The zero-order valence-electron chi connectivity index (χ0n) is 5.12. The Balaban J connectivity index is 2.04. The van der Waals surface area contributed by atoms with Gasteiger partial charge in [0, 0.05) is 18.3 Å². The van der Waals surface area contributed by atoms with Crippen LogP contribution in [0.15, 0.2) is 0 Å². The lowest BCUT2D eigenvalue weighted by Gasteiger charge is -2.36. The first kappa shape index (κ1) is 7.05. The monoisotopic (exact) mass is 146 g/mol. The number of hydrogen-bond donors (Lipinski definition) is 1. The predicted octanol–water partition coefficient (Wildman–Crippen LogP) is -0.524. The van der Waals surface area contributed by atoms with E-state index in [1.807, 2.05) is 0 Å². The standard InChI is InChI=1S/C5H10N2OS/c6-9-5-3-7(4-5)1-2-8/h2,5H,1,3-4,6H2. The van der Waals surface area contributed by atoms with Crippen LogP contribution in [-0.4, -0.2) is 36.1 Å². The van der Waals surface area contributed by atoms with E-state index in [0.717, 1.165) is 19.4 Å². The van der Waals surface area contributed by atoms with Gasteiger partial charge in [-0.2, -0.15) is 0 Å². The highest BCUT2D eigenvalue weighted by Gasteiger charge is 2.24. The predicted molar refractivity (Wildman–Crippen MR) is 38.1 cm³/mol. The fourth-order valence-corrected chi connectivity index (χ4v) is 1.46. The van der Waals surface area contributed by atoms with Crippen LogP contribution in [0, 0.1) is 0 Å². The van der Waals surface area contributed by atoms with E-state index in [9.17, 15) is 4.79 Å². The first-order valence-corrected chi connectivity index (χ1v) is 3.82. The third-order valence-electron chi connectivity index (χ3n) is 1.45. The van der Waals surface area contributed by atoms with Gasteiger partial charge in [0.1, 0.15) is 6.29 Å². The molecule has 1 fully saturated rings. The van der Waals surface area contributed by atoms with Crippen molar-refractivity contribution in [2.45, 2.75) is 5.25 Å². The summed E-state index contributed by atoms with van der Waals surface area (Å²) in [6.45, 7) is 2.51. The van der Waals surface area contributed by atoms with Crippen LogP contribution < -0.4 is 5.14 Å². The van der Waals surface area contributed by atoms with Crippen LogP contribution in [0.1, 0.15) is 0 Å². The number of nitrogens with two attached hydrogens (primary N) is 1. The largest absolute Gasteiger partial charge is 0.302 e. The van der Waals surface area contributed by atoms with Crippen molar-refractivity contribution in [1.82, 2.24) is 4.90 Å². The Morgan fingerprint density at radius 1 is 1.78 bits per heavy atom. The first-order valence-electron chi connectivity index (χ1n) is 2.88. The normalized spacial score (nSPS) is 21.4. The molecule has 0 unspecified atom stereocenters. The van der Waals surface area contributed by atoms with Gasteiger partial charge in [0.2, 0.25) is 0 Å². The molecule has 0 aliphatic carbocycles. The van der Waals surface area contributed by atoms with E-state index in [1.54, 1.807) is 0 Å². The van der Waals surface area contributed by atoms with Gasteiger partial charge >= 0.3 is 0 Å².